The largest absolute Gasteiger partial charge is 0.393 e. The molecule has 0 saturated heterocycles. The summed E-state index contributed by atoms with van der Waals surface area (Å²) in [4.78, 5) is 9.44. The number of carbonyl (C=O) groups excluding carboxylic acids is 1. The van der Waals surface area contributed by atoms with E-state index in [0.717, 1.165) is 12.3 Å². The molecule has 2 aliphatic rings. The average molecular weight is 212 g/mol. The molecular formula is C13H24O2. The number of fused-ring (bicyclic) bond motifs is 2. The van der Waals surface area contributed by atoms with Gasteiger partial charge in [0.25, 0.3) is 0 Å². The first-order valence-corrected chi connectivity index (χ1v) is 5.87. The third-order valence-electron chi connectivity index (χ3n) is 4.75. The van der Waals surface area contributed by atoms with Gasteiger partial charge in [-0.1, -0.05) is 20.8 Å². The quantitative estimate of drug-likeness (QED) is 0.670. The lowest BCUT2D eigenvalue weighted by molar-refractivity contribution is -0.114. The van der Waals surface area contributed by atoms with Crippen LogP contribution >= 0.6 is 0 Å². The standard InChI is InChI=1S/C10H18O.C3H6O/c1-9(2)7-4-5-10(9,3)8(11)6-7;1-3(2)4/h7-8,11H,4-6H2,1-3H3;1-2H3. The van der Waals surface area contributed by atoms with Crippen LogP contribution in [0.15, 0.2) is 0 Å². The first-order valence-electron chi connectivity index (χ1n) is 5.87. The monoisotopic (exact) mass is 212 g/mol. The van der Waals surface area contributed by atoms with Crippen LogP contribution in [0.2, 0.25) is 0 Å². The van der Waals surface area contributed by atoms with Gasteiger partial charge in [0, 0.05) is 0 Å². The Balaban J connectivity index is 0.000000245. The number of rotatable bonds is 0. The molecule has 0 radical (unpaired) electrons. The zero-order chi connectivity index (χ0) is 11.9. The first-order chi connectivity index (χ1) is 6.72. The Hall–Kier alpha value is -0.370. The molecule has 3 unspecified atom stereocenters. The van der Waals surface area contributed by atoms with Gasteiger partial charge in [0.2, 0.25) is 0 Å². The predicted molar refractivity (Wildman–Crippen MR) is 61.6 cm³/mol. The summed E-state index contributed by atoms with van der Waals surface area (Å²) in [5.41, 5.74) is 0.601. The average Bonchev–Trinajstić information content (AvgIpc) is 2.36. The molecule has 2 heteroatoms. The van der Waals surface area contributed by atoms with E-state index < -0.39 is 0 Å². The van der Waals surface area contributed by atoms with Crippen molar-refractivity contribution in [1.82, 2.24) is 0 Å². The summed E-state index contributed by atoms with van der Waals surface area (Å²) in [5.74, 6) is 0.947. The van der Waals surface area contributed by atoms with Gasteiger partial charge in [-0.05, 0) is 49.9 Å². The molecule has 0 aromatic carbocycles. The van der Waals surface area contributed by atoms with E-state index >= 15 is 0 Å². The Morgan fingerprint density at radius 1 is 1.27 bits per heavy atom. The van der Waals surface area contributed by atoms with Crippen molar-refractivity contribution in [1.29, 1.82) is 0 Å². The summed E-state index contributed by atoms with van der Waals surface area (Å²) < 4.78 is 0. The highest BCUT2D eigenvalue weighted by Gasteiger charge is 2.60. The van der Waals surface area contributed by atoms with Crippen LogP contribution in [0.4, 0.5) is 0 Å². The number of carbonyl (C=O) groups is 1. The lowest BCUT2D eigenvalue weighted by Gasteiger charge is -2.36. The smallest absolute Gasteiger partial charge is 0.126 e. The van der Waals surface area contributed by atoms with Crippen LogP contribution in [-0.4, -0.2) is 17.0 Å². The lowest BCUT2D eigenvalue weighted by Crippen LogP contribution is -2.35. The molecule has 0 aromatic rings. The Kier molecular flexibility index (Phi) is 3.30. The minimum absolute atomic E-state index is 0.0313. The summed E-state index contributed by atoms with van der Waals surface area (Å²) >= 11 is 0. The number of hydrogen-bond acceptors (Lipinski definition) is 2. The van der Waals surface area contributed by atoms with E-state index in [1.165, 1.54) is 26.7 Å². The van der Waals surface area contributed by atoms with Crippen LogP contribution in [0.25, 0.3) is 0 Å². The van der Waals surface area contributed by atoms with Gasteiger partial charge in [-0.3, -0.25) is 0 Å². The Morgan fingerprint density at radius 3 is 1.87 bits per heavy atom. The fourth-order valence-corrected chi connectivity index (χ4v) is 3.16. The topological polar surface area (TPSA) is 37.3 Å². The molecule has 2 bridgehead atoms. The molecule has 2 nitrogen and oxygen atoms in total. The second-order valence-corrected chi connectivity index (χ2v) is 6.03. The molecule has 2 saturated carbocycles. The van der Waals surface area contributed by atoms with E-state index in [9.17, 15) is 9.90 Å². The van der Waals surface area contributed by atoms with E-state index in [0.29, 0.717) is 5.41 Å². The van der Waals surface area contributed by atoms with Crippen LogP contribution < -0.4 is 0 Å². The number of Topliss-reactive ketones (excluding diaryl/α,β-unsaturated/α-hetero) is 1. The fourth-order valence-electron chi connectivity index (χ4n) is 3.16. The highest BCUT2D eigenvalue weighted by Crippen LogP contribution is 2.65. The fraction of sp³-hybridized carbons (Fsp3) is 0.923. The van der Waals surface area contributed by atoms with Crippen molar-refractivity contribution >= 4 is 5.78 Å². The van der Waals surface area contributed by atoms with Gasteiger partial charge < -0.3 is 9.90 Å². The lowest BCUT2D eigenvalue weighted by atomic mass is 9.70. The minimum atomic E-state index is -0.0313. The third-order valence-corrected chi connectivity index (χ3v) is 4.75. The maximum Gasteiger partial charge on any atom is 0.126 e. The predicted octanol–water partition coefficient (Wildman–Crippen LogP) is 2.79. The minimum Gasteiger partial charge on any atom is -0.393 e. The van der Waals surface area contributed by atoms with Gasteiger partial charge in [-0.15, -0.1) is 0 Å². The Bertz CT molecular complexity index is 253. The molecule has 0 aromatic heterocycles. The Morgan fingerprint density at radius 2 is 1.73 bits per heavy atom. The van der Waals surface area contributed by atoms with Crippen LogP contribution in [0.5, 0.6) is 0 Å². The molecular weight excluding hydrogens is 188 g/mol. The molecule has 2 fully saturated rings. The maximum absolute atomic E-state index is 9.81. The van der Waals surface area contributed by atoms with Crippen LogP contribution in [0.1, 0.15) is 53.9 Å². The number of hydrogen-bond donors (Lipinski definition) is 1. The van der Waals surface area contributed by atoms with Crippen LogP contribution in [0, 0.1) is 16.7 Å². The van der Waals surface area contributed by atoms with Gasteiger partial charge in [0.1, 0.15) is 5.78 Å². The van der Waals surface area contributed by atoms with Crippen molar-refractivity contribution in [2.45, 2.75) is 60.0 Å². The zero-order valence-electron chi connectivity index (χ0n) is 10.6. The third kappa shape index (κ3) is 1.96. The van der Waals surface area contributed by atoms with Crippen LogP contribution in [0.3, 0.4) is 0 Å². The van der Waals surface area contributed by atoms with E-state index in [2.05, 4.69) is 20.8 Å². The van der Waals surface area contributed by atoms with Crippen molar-refractivity contribution in [2.24, 2.45) is 16.7 Å². The highest BCUT2D eigenvalue weighted by atomic mass is 16.3. The molecule has 15 heavy (non-hydrogen) atoms. The zero-order valence-corrected chi connectivity index (χ0v) is 10.6. The molecule has 0 spiro atoms. The maximum atomic E-state index is 9.81. The van der Waals surface area contributed by atoms with Gasteiger partial charge in [0.15, 0.2) is 0 Å². The molecule has 0 amide bonds. The summed E-state index contributed by atoms with van der Waals surface area (Å²) in [5, 5.41) is 9.81. The summed E-state index contributed by atoms with van der Waals surface area (Å²) in [6.45, 7) is 9.95. The highest BCUT2D eigenvalue weighted by molar-refractivity contribution is 5.72. The Labute approximate surface area is 93.1 Å². The molecule has 1 N–H and O–H groups in total. The van der Waals surface area contributed by atoms with E-state index in [1.807, 2.05) is 0 Å². The number of aliphatic hydroxyl groups excluding tert-OH is 1. The molecule has 2 rings (SSSR count). The number of ketones is 1. The van der Waals surface area contributed by atoms with Gasteiger partial charge in [-0.25, -0.2) is 0 Å². The summed E-state index contributed by atoms with van der Waals surface area (Å²) in [6, 6.07) is 0. The van der Waals surface area contributed by atoms with Crippen molar-refractivity contribution < 1.29 is 9.90 Å². The first kappa shape index (κ1) is 12.7. The van der Waals surface area contributed by atoms with Crippen molar-refractivity contribution in [3.05, 3.63) is 0 Å². The molecule has 2 aliphatic carbocycles. The second-order valence-electron chi connectivity index (χ2n) is 6.03. The molecule has 88 valence electrons. The number of aliphatic hydroxyl groups is 1. The normalized spacial score (nSPS) is 40.9. The molecule has 3 atom stereocenters. The van der Waals surface area contributed by atoms with Crippen molar-refractivity contribution in [2.75, 3.05) is 0 Å². The van der Waals surface area contributed by atoms with Gasteiger partial charge in [0.05, 0.1) is 6.10 Å². The van der Waals surface area contributed by atoms with Crippen molar-refractivity contribution in [3.8, 4) is 0 Å². The summed E-state index contributed by atoms with van der Waals surface area (Å²) in [7, 11) is 0. The van der Waals surface area contributed by atoms with Gasteiger partial charge in [-0.2, -0.15) is 0 Å². The van der Waals surface area contributed by atoms with Crippen molar-refractivity contribution in [3.63, 3.8) is 0 Å². The van der Waals surface area contributed by atoms with Crippen LogP contribution in [-0.2, 0) is 4.79 Å². The van der Waals surface area contributed by atoms with E-state index in [-0.39, 0.29) is 17.3 Å². The summed E-state index contributed by atoms with van der Waals surface area (Å²) in [6.07, 6.45) is 3.58. The van der Waals surface area contributed by atoms with E-state index in [4.69, 9.17) is 0 Å². The SMILES string of the molecule is CC(C)=O.CC1(C)C2CCC1(C)C(O)C2. The van der Waals surface area contributed by atoms with E-state index in [1.54, 1.807) is 0 Å². The second kappa shape index (κ2) is 3.89. The molecule has 0 heterocycles. The molecule has 0 aliphatic heterocycles. The van der Waals surface area contributed by atoms with Gasteiger partial charge >= 0.3 is 0 Å².